The van der Waals surface area contributed by atoms with Crippen LogP contribution in [0.5, 0.6) is 0 Å². The molecule has 3 aromatic rings. The zero-order valence-electron chi connectivity index (χ0n) is 27.4. The van der Waals surface area contributed by atoms with Gasteiger partial charge in [0.05, 0.1) is 5.56 Å². The minimum atomic E-state index is -2.94. The highest BCUT2D eigenvalue weighted by atomic mass is 35.5. The van der Waals surface area contributed by atoms with Gasteiger partial charge in [0.15, 0.2) is 0 Å². The van der Waals surface area contributed by atoms with Gasteiger partial charge in [-0.1, -0.05) is 49.7 Å². The third-order valence-corrected chi connectivity index (χ3v) is 9.75. The van der Waals surface area contributed by atoms with Crippen molar-refractivity contribution in [2.45, 2.75) is 76.4 Å². The minimum Gasteiger partial charge on any atom is -0.478 e. The number of rotatable bonds is 16. The first-order chi connectivity index (χ1) is 23.7. The molecule has 3 amide bonds. The second-order valence-corrected chi connectivity index (χ2v) is 13.9. The molecule has 3 atom stereocenters. The predicted octanol–water partition coefficient (Wildman–Crippen LogP) is 5.17. The van der Waals surface area contributed by atoms with Crippen molar-refractivity contribution in [1.29, 1.82) is 0 Å². The summed E-state index contributed by atoms with van der Waals surface area (Å²) >= 11 is 7.20. The van der Waals surface area contributed by atoms with Crippen LogP contribution in [0, 0.1) is 5.92 Å². The van der Waals surface area contributed by atoms with Crippen LogP contribution in [-0.4, -0.2) is 70.5 Å². The van der Waals surface area contributed by atoms with Crippen molar-refractivity contribution < 1.29 is 43.0 Å². The highest BCUT2D eigenvalue weighted by Crippen LogP contribution is 2.35. The molecular weight excluding hydrogens is 694 g/mol. The molecule has 11 nitrogen and oxygen atoms in total. The Labute approximate surface area is 296 Å². The number of para-hydroxylation sites is 1. The molecule has 1 unspecified atom stereocenters. The largest absolute Gasteiger partial charge is 0.478 e. The average molecular weight is 733 g/mol. The van der Waals surface area contributed by atoms with E-state index in [0.29, 0.717) is 23.2 Å². The summed E-state index contributed by atoms with van der Waals surface area (Å²) in [4.78, 5) is 64.2. The van der Waals surface area contributed by atoms with Crippen LogP contribution in [0.25, 0.3) is 0 Å². The number of hydrogen-bond donors (Lipinski definition) is 6. The van der Waals surface area contributed by atoms with E-state index in [1.165, 1.54) is 18.2 Å². The summed E-state index contributed by atoms with van der Waals surface area (Å²) in [5.41, 5.74) is 1.27. The molecule has 0 bridgehead atoms. The fourth-order valence-corrected chi connectivity index (χ4v) is 6.94. The van der Waals surface area contributed by atoms with Crippen molar-refractivity contribution in [3.8, 4) is 0 Å². The van der Waals surface area contributed by atoms with E-state index in [2.05, 4.69) is 21.3 Å². The van der Waals surface area contributed by atoms with Gasteiger partial charge in [-0.2, -0.15) is 0 Å². The van der Waals surface area contributed by atoms with Crippen LogP contribution in [0.3, 0.4) is 0 Å². The van der Waals surface area contributed by atoms with Crippen LogP contribution >= 0.6 is 22.9 Å². The maximum Gasteiger partial charge on any atom is 0.346 e. The van der Waals surface area contributed by atoms with Gasteiger partial charge in [0, 0.05) is 30.1 Å². The molecule has 0 spiro atoms. The van der Waals surface area contributed by atoms with E-state index in [4.69, 9.17) is 16.7 Å². The number of aromatic carboxylic acids is 2. The molecule has 0 saturated carbocycles. The van der Waals surface area contributed by atoms with Crippen molar-refractivity contribution in [3.05, 3.63) is 86.1 Å². The van der Waals surface area contributed by atoms with E-state index in [9.17, 15) is 37.9 Å². The molecule has 0 aliphatic carbocycles. The van der Waals surface area contributed by atoms with Crippen LogP contribution in [0.4, 0.5) is 14.5 Å². The lowest BCUT2D eigenvalue weighted by molar-refractivity contribution is -0.134. The van der Waals surface area contributed by atoms with E-state index in [1.54, 1.807) is 17.5 Å². The van der Waals surface area contributed by atoms with Crippen LogP contribution in [0.15, 0.2) is 53.9 Å². The Morgan fingerprint density at radius 3 is 2.32 bits per heavy atom. The summed E-state index contributed by atoms with van der Waals surface area (Å²) in [5.74, 6) is -4.68. The Morgan fingerprint density at radius 1 is 0.940 bits per heavy atom. The molecule has 1 aliphatic heterocycles. The van der Waals surface area contributed by atoms with Crippen molar-refractivity contribution in [2.24, 2.45) is 5.92 Å². The highest BCUT2D eigenvalue weighted by molar-refractivity contribution is 7.12. The Morgan fingerprint density at radius 2 is 1.66 bits per heavy atom. The lowest BCUT2D eigenvalue weighted by Crippen LogP contribution is -2.61. The van der Waals surface area contributed by atoms with E-state index >= 15 is 0 Å². The van der Waals surface area contributed by atoms with Gasteiger partial charge in [0.1, 0.15) is 22.5 Å². The number of amides is 3. The van der Waals surface area contributed by atoms with E-state index < -0.39 is 60.1 Å². The molecule has 268 valence electrons. The van der Waals surface area contributed by atoms with Gasteiger partial charge in [-0.3, -0.25) is 14.4 Å². The summed E-state index contributed by atoms with van der Waals surface area (Å²) in [7, 11) is 0. The monoisotopic (exact) mass is 732 g/mol. The topological polar surface area (TPSA) is 174 Å². The number of aryl methyl sites for hydroxylation is 1. The van der Waals surface area contributed by atoms with Gasteiger partial charge in [0.2, 0.25) is 24.1 Å². The summed E-state index contributed by atoms with van der Waals surface area (Å²) in [6.45, 7) is 3.60. The van der Waals surface area contributed by atoms with Crippen LogP contribution < -0.4 is 21.3 Å². The number of carbonyl (C=O) groups excluding carboxylic acids is 3. The first-order valence-corrected chi connectivity index (χ1v) is 17.3. The van der Waals surface area contributed by atoms with Crippen molar-refractivity contribution in [1.82, 2.24) is 16.0 Å². The molecule has 4 rings (SSSR count). The number of carbonyl (C=O) groups is 5. The summed E-state index contributed by atoms with van der Waals surface area (Å²) in [6, 6.07) is 10.3. The Kier molecular flexibility index (Phi) is 12.9. The number of anilines is 1. The number of nitrogens with one attached hydrogen (secondary N) is 4. The Hall–Kier alpha value is -4.56. The Bertz CT molecular complexity index is 1740. The second-order valence-electron chi connectivity index (χ2n) is 12.6. The van der Waals surface area contributed by atoms with Gasteiger partial charge in [-0.05, 0) is 77.9 Å². The fourth-order valence-electron chi connectivity index (χ4n) is 5.91. The molecule has 2 aromatic carbocycles. The summed E-state index contributed by atoms with van der Waals surface area (Å²) in [5, 5.41) is 31.7. The van der Waals surface area contributed by atoms with Crippen LogP contribution in [-0.2, 0) is 33.6 Å². The van der Waals surface area contributed by atoms with Crippen LogP contribution in [0.1, 0.15) is 69.8 Å². The minimum absolute atomic E-state index is 0.00772. The SMILES string of the molecule is CC(C)C[C@H](NC(=O)C1(Cc2ccsc2C(=O)O)CCc2ccccc2N1)C(=O)N[C@@H](CC(F)F)C(=O)NCCc1ccc(C(=O)O)cc1Cl. The predicted molar refractivity (Wildman–Crippen MR) is 185 cm³/mol. The number of thiophene rings is 1. The number of alkyl halides is 2. The first-order valence-electron chi connectivity index (χ1n) is 16.0. The molecule has 1 aromatic heterocycles. The number of hydrogen-bond acceptors (Lipinski definition) is 7. The van der Waals surface area contributed by atoms with Crippen molar-refractivity contribution in [2.75, 3.05) is 11.9 Å². The molecule has 2 heterocycles. The smallest absolute Gasteiger partial charge is 0.346 e. The number of fused-ring (bicyclic) bond motifs is 1. The quantitative estimate of drug-likeness (QED) is 0.117. The van der Waals surface area contributed by atoms with Gasteiger partial charge in [0.25, 0.3) is 0 Å². The van der Waals surface area contributed by atoms with Crippen molar-refractivity contribution in [3.63, 3.8) is 0 Å². The lowest BCUT2D eigenvalue weighted by Gasteiger charge is -2.40. The van der Waals surface area contributed by atoms with E-state index in [-0.39, 0.29) is 53.6 Å². The molecule has 0 saturated heterocycles. The molecule has 0 radical (unpaired) electrons. The van der Waals surface area contributed by atoms with Gasteiger partial charge in [-0.25, -0.2) is 18.4 Å². The second kappa shape index (κ2) is 16.9. The zero-order valence-corrected chi connectivity index (χ0v) is 29.0. The normalized spacial score (nSPS) is 16.5. The highest BCUT2D eigenvalue weighted by Gasteiger charge is 2.44. The third-order valence-electron chi connectivity index (χ3n) is 8.45. The molecule has 6 N–H and O–H groups in total. The first kappa shape index (κ1) is 38.2. The molecule has 50 heavy (non-hydrogen) atoms. The summed E-state index contributed by atoms with van der Waals surface area (Å²) < 4.78 is 27.3. The molecule has 15 heteroatoms. The van der Waals surface area contributed by atoms with Gasteiger partial charge < -0.3 is 31.5 Å². The fraction of sp³-hybridized carbons (Fsp3) is 0.400. The maximum atomic E-state index is 14.3. The van der Waals surface area contributed by atoms with E-state index in [0.717, 1.165) is 16.9 Å². The van der Waals surface area contributed by atoms with E-state index in [1.807, 2.05) is 32.0 Å². The molecular formula is C35H39ClF2N4O7S. The molecule has 0 fully saturated rings. The number of halogens is 3. The number of carboxylic acids is 2. The number of benzene rings is 2. The summed E-state index contributed by atoms with van der Waals surface area (Å²) in [6.07, 6.45) is -2.85. The standard InChI is InChI=1S/C35H39ClF2N4O7S/c1-19(2)15-26(31(44)40-27(17-28(37)38)30(43)39-13-10-20-7-8-22(32(45)46)16-24(20)36)41-34(49)35(18-23-11-14-50-29(23)33(47)48)12-9-21-5-3-4-6-25(21)42-35/h3-8,11,14,16,19,26-28,42H,9-10,12-13,15,17-18H2,1-2H3,(H,39,43)(H,40,44)(H,41,49)(H,45,46)(H,47,48)/t26-,27-,35?/m0/s1. The maximum absolute atomic E-state index is 14.3. The van der Waals surface area contributed by atoms with Crippen LogP contribution in [0.2, 0.25) is 5.02 Å². The van der Waals surface area contributed by atoms with Crippen molar-refractivity contribution >= 4 is 58.3 Å². The molecule has 1 aliphatic rings. The Balaban J connectivity index is 1.51. The van der Waals surface area contributed by atoms with Gasteiger partial charge >= 0.3 is 11.9 Å². The third kappa shape index (κ3) is 9.78. The average Bonchev–Trinajstić information content (AvgIpc) is 3.52. The lowest BCUT2D eigenvalue weighted by atomic mass is 9.80. The zero-order chi connectivity index (χ0) is 36.6. The van der Waals surface area contributed by atoms with Gasteiger partial charge in [-0.15, -0.1) is 11.3 Å². The number of carboxylic acid groups (broad SMARTS) is 2.